The van der Waals surface area contributed by atoms with Crippen molar-refractivity contribution < 1.29 is 4.79 Å². The molecule has 13 heavy (non-hydrogen) atoms. The number of nitrogens with two attached hydrogens (primary N) is 1. The zero-order valence-electron chi connectivity index (χ0n) is 6.62. The van der Waals surface area contributed by atoms with Crippen molar-refractivity contribution in [2.75, 3.05) is 0 Å². The number of rotatable bonds is 2. The first-order chi connectivity index (χ1) is 6.13. The molecule has 0 aliphatic heterocycles. The van der Waals surface area contributed by atoms with Gasteiger partial charge in [-0.3, -0.25) is 4.79 Å². The maximum Gasteiger partial charge on any atom is 0.221 e. The topological polar surface area (TPSA) is 79.8 Å². The predicted octanol–water partition coefficient (Wildman–Crippen LogP) is 0.634. The average molecular weight is 196 g/mol. The summed E-state index contributed by atoms with van der Waals surface area (Å²) in [5.74, 6) is -0.456. The summed E-state index contributed by atoms with van der Waals surface area (Å²) in [6, 6.07) is 3.33. The number of hydrogen-bond donors (Lipinski definition) is 1. The Labute approximate surface area is 79.9 Å². The number of hydrogen-bond acceptors (Lipinski definition) is 3. The molecule has 1 aromatic heterocycles. The lowest BCUT2D eigenvalue weighted by atomic mass is 10.2. The molecule has 0 saturated heterocycles. The Morgan fingerprint density at radius 1 is 1.77 bits per heavy atom. The minimum absolute atomic E-state index is 0.0818. The number of amides is 1. The van der Waals surface area contributed by atoms with Gasteiger partial charge in [-0.15, -0.1) is 0 Å². The molecule has 1 amide bonds. The minimum atomic E-state index is -0.456. The van der Waals surface area contributed by atoms with Crippen LogP contribution >= 0.6 is 11.6 Å². The number of nitrogens with zero attached hydrogens (tertiary/aromatic N) is 2. The van der Waals surface area contributed by atoms with E-state index < -0.39 is 5.91 Å². The summed E-state index contributed by atoms with van der Waals surface area (Å²) < 4.78 is 0. The van der Waals surface area contributed by atoms with Crippen molar-refractivity contribution in [2.45, 2.75) is 6.42 Å². The van der Waals surface area contributed by atoms with Crippen molar-refractivity contribution in [1.82, 2.24) is 4.98 Å². The van der Waals surface area contributed by atoms with E-state index in [2.05, 4.69) is 4.98 Å². The maximum atomic E-state index is 10.5. The van der Waals surface area contributed by atoms with Crippen LogP contribution in [-0.4, -0.2) is 10.9 Å². The molecule has 0 saturated carbocycles. The van der Waals surface area contributed by atoms with Crippen LogP contribution < -0.4 is 5.73 Å². The molecule has 1 rings (SSSR count). The number of carbonyl (C=O) groups excluding carboxylic acids is 1. The summed E-state index contributed by atoms with van der Waals surface area (Å²) in [6.45, 7) is 0. The Morgan fingerprint density at radius 3 is 2.92 bits per heavy atom. The third-order valence-corrected chi connectivity index (χ3v) is 1.67. The molecule has 0 fully saturated rings. The second-order valence-corrected chi connectivity index (χ2v) is 2.84. The first-order valence-corrected chi connectivity index (χ1v) is 3.84. The van der Waals surface area contributed by atoms with E-state index in [0.717, 1.165) is 0 Å². The van der Waals surface area contributed by atoms with Crippen molar-refractivity contribution in [2.24, 2.45) is 5.73 Å². The van der Waals surface area contributed by atoms with Crippen molar-refractivity contribution in [3.8, 4) is 6.07 Å². The van der Waals surface area contributed by atoms with Crippen molar-refractivity contribution in [3.05, 3.63) is 28.5 Å². The molecular weight excluding hydrogens is 190 g/mol. The normalized spacial score (nSPS) is 9.23. The lowest BCUT2D eigenvalue weighted by Gasteiger charge is -1.98. The Balaban J connectivity index is 2.97. The molecule has 4 nitrogen and oxygen atoms in total. The highest BCUT2D eigenvalue weighted by molar-refractivity contribution is 6.31. The largest absolute Gasteiger partial charge is 0.369 e. The van der Waals surface area contributed by atoms with Crippen LogP contribution in [0.4, 0.5) is 0 Å². The van der Waals surface area contributed by atoms with Gasteiger partial charge < -0.3 is 5.73 Å². The van der Waals surface area contributed by atoms with Crippen LogP contribution in [0.5, 0.6) is 0 Å². The van der Waals surface area contributed by atoms with Gasteiger partial charge in [0.2, 0.25) is 5.91 Å². The fourth-order valence-electron chi connectivity index (χ4n) is 0.858. The fourth-order valence-corrected chi connectivity index (χ4v) is 1.09. The highest BCUT2D eigenvalue weighted by atomic mass is 35.5. The van der Waals surface area contributed by atoms with E-state index in [4.69, 9.17) is 22.6 Å². The maximum absolute atomic E-state index is 10.5. The third kappa shape index (κ3) is 2.42. The molecule has 0 aromatic carbocycles. The van der Waals surface area contributed by atoms with Crippen LogP contribution in [0.2, 0.25) is 5.02 Å². The van der Waals surface area contributed by atoms with E-state index in [1.165, 1.54) is 12.3 Å². The molecule has 66 valence electrons. The van der Waals surface area contributed by atoms with Gasteiger partial charge in [0.1, 0.15) is 6.07 Å². The highest BCUT2D eigenvalue weighted by Crippen LogP contribution is 2.14. The van der Waals surface area contributed by atoms with Crippen LogP contribution in [0, 0.1) is 11.3 Å². The molecule has 2 N–H and O–H groups in total. The average Bonchev–Trinajstić information content (AvgIpc) is 2.03. The summed E-state index contributed by atoms with van der Waals surface area (Å²) >= 11 is 5.68. The SMILES string of the molecule is N#Cc1ncc(CC(N)=O)cc1Cl. The Morgan fingerprint density at radius 2 is 2.46 bits per heavy atom. The van der Waals surface area contributed by atoms with E-state index >= 15 is 0 Å². The number of halogens is 1. The zero-order chi connectivity index (χ0) is 9.84. The van der Waals surface area contributed by atoms with E-state index in [-0.39, 0.29) is 17.1 Å². The van der Waals surface area contributed by atoms with E-state index in [0.29, 0.717) is 5.56 Å². The van der Waals surface area contributed by atoms with Gasteiger partial charge in [-0.05, 0) is 11.6 Å². The van der Waals surface area contributed by atoms with Crippen LogP contribution in [0.25, 0.3) is 0 Å². The molecule has 0 unspecified atom stereocenters. The van der Waals surface area contributed by atoms with Crippen LogP contribution in [0.1, 0.15) is 11.3 Å². The van der Waals surface area contributed by atoms with Crippen molar-refractivity contribution in [1.29, 1.82) is 5.26 Å². The van der Waals surface area contributed by atoms with Gasteiger partial charge in [0, 0.05) is 6.20 Å². The zero-order valence-corrected chi connectivity index (χ0v) is 7.38. The molecule has 0 bridgehead atoms. The van der Waals surface area contributed by atoms with Crippen LogP contribution in [0.15, 0.2) is 12.3 Å². The number of primary amides is 1. The minimum Gasteiger partial charge on any atom is -0.369 e. The van der Waals surface area contributed by atoms with Crippen LogP contribution in [0.3, 0.4) is 0 Å². The van der Waals surface area contributed by atoms with Gasteiger partial charge in [-0.2, -0.15) is 5.26 Å². The van der Waals surface area contributed by atoms with Gasteiger partial charge >= 0.3 is 0 Å². The van der Waals surface area contributed by atoms with Gasteiger partial charge in [0.25, 0.3) is 0 Å². The quantitative estimate of drug-likeness (QED) is 0.752. The monoisotopic (exact) mass is 195 g/mol. The highest BCUT2D eigenvalue weighted by Gasteiger charge is 2.04. The second kappa shape index (κ2) is 3.87. The summed E-state index contributed by atoms with van der Waals surface area (Å²) in [4.78, 5) is 14.3. The molecular formula is C8H6ClN3O. The van der Waals surface area contributed by atoms with E-state index in [9.17, 15) is 4.79 Å². The lowest BCUT2D eigenvalue weighted by molar-refractivity contribution is -0.117. The number of carbonyl (C=O) groups is 1. The molecule has 0 spiro atoms. The molecule has 5 heteroatoms. The summed E-state index contributed by atoms with van der Waals surface area (Å²) in [6.07, 6.45) is 1.49. The molecule has 0 atom stereocenters. The third-order valence-electron chi connectivity index (χ3n) is 1.38. The summed E-state index contributed by atoms with van der Waals surface area (Å²) in [5, 5.41) is 8.74. The molecule has 0 aliphatic rings. The Hall–Kier alpha value is -1.60. The van der Waals surface area contributed by atoms with Gasteiger partial charge in [-0.25, -0.2) is 4.98 Å². The predicted molar refractivity (Wildman–Crippen MR) is 46.9 cm³/mol. The molecule has 0 aliphatic carbocycles. The van der Waals surface area contributed by atoms with Gasteiger partial charge in [0.05, 0.1) is 11.4 Å². The standard InChI is InChI=1S/C8H6ClN3O/c9-6-1-5(2-8(11)13)4-12-7(6)3-10/h1,4H,2H2,(H2,11,13). The molecule has 1 heterocycles. The molecule has 1 aromatic rings. The summed E-state index contributed by atoms with van der Waals surface area (Å²) in [5.41, 5.74) is 5.73. The van der Waals surface area contributed by atoms with Crippen molar-refractivity contribution >= 4 is 17.5 Å². The smallest absolute Gasteiger partial charge is 0.221 e. The number of aromatic nitrogens is 1. The first kappa shape index (κ1) is 9.49. The fraction of sp³-hybridized carbons (Fsp3) is 0.125. The summed E-state index contributed by atoms with van der Waals surface area (Å²) in [7, 11) is 0. The van der Waals surface area contributed by atoms with Gasteiger partial charge in [0.15, 0.2) is 5.69 Å². The molecule has 0 radical (unpaired) electrons. The first-order valence-electron chi connectivity index (χ1n) is 3.46. The Bertz CT molecular complexity index is 383. The van der Waals surface area contributed by atoms with E-state index in [1.807, 2.05) is 6.07 Å². The number of pyridine rings is 1. The van der Waals surface area contributed by atoms with Crippen molar-refractivity contribution in [3.63, 3.8) is 0 Å². The van der Waals surface area contributed by atoms with Crippen LogP contribution in [-0.2, 0) is 11.2 Å². The Kier molecular flexibility index (Phi) is 2.83. The van der Waals surface area contributed by atoms with Gasteiger partial charge in [-0.1, -0.05) is 11.6 Å². The number of nitriles is 1. The lowest BCUT2D eigenvalue weighted by Crippen LogP contribution is -2.13. The second-order valence-electron chi connectivity index (χ2n) is 2.43. The van der Waals surface area contributed by atoms with E-state index in [1.54, 1.807) is 0 Å².